The van der Waals surface area contributed by atoms with Crippen LogP contribution in [0.25, 0.3) is 0 Å². The van der Waals surface area contributed by atoms with Crippen LogP contribution in [0.1, 0.15) is 51.4 Å². The quantitative estimate of drug-likeness (QED) is 0.603. The fraction of sp³-hybridized carbons (Fsp3) is 0.923. The van der Waals surface area contributed by atoms with E-state index in [1.165, 1.54) is 6.42 Å². The highest BCUT2D eigenvalue weighted by atomic mass is 16.5. The van der Waals surface area contributed by atoms with Crippen LogP contribution in [0.2, 0.25) is 0 Å². The second-order valence-corrected chi connectivity index (χ2v) is 4.73. The van der Waals surface area contributed by atoms with E-state index in [0.29, 0.717) is 12.5 Å². The van der Waals surface area contributed by atoms with Gasteiger partial charge in [-0.05, 0) is 38.6 Å². The van der Waals surface area contributed by atoms with Gasteiger partial charge in [-0.1, -0.05) is 12.8 Å². The van der Waals surface area contributed by atoms with Crippen LogP contribution in [0.4, 0.5) is 0 Å². The van der Waals surface area contributed by atoms with Crippen molar-refractivity contribution in [2.24, 2.45) is 5.73 Å². The van der Waals surface area contributed by atoms with E-state index in [2.05, 4.69) is 5.32 Å². The number of nitrogens with two attached hydrogens (primary N) is 1. The van der Waals surface area contributed by atoms with Crippen molar-refractivity contribution in [3.8, 4) is 0 Å². The van der Waals surface area contributed by atoms with Gasteiger partial charge in [-0.3, -0.25) is 4.79 Å². The first kappa shape index (κ1) is 14.5. The smallest absolute Gasteiger partial charge is 0.220 e. The monoisotopic (exact) mass is 242 g/mol. The van der Waals surface area contributed by atoms with Gasteiger partial charge in [-0.15, -0.1) is 0 Å². The average molecular weight is 242 g/mol. The van der Waals surface area contributed by atoms with Gasteiger partial charge in [0.2, 0.25) is 5.91 Å². The van der Waals surface area contributed by atoms with E-state index in [1.54, 1.807) is 0 Å². The van der Waals surface area contributed by atoms with Crippen LogP contribution in [0, 0.1) is 0 Å². The molecule has 0 bridgehead atoms. The van der Waals surface area contributed by atoms with Gasteiger partial charge in [0, 0.05) is 19.6 Å². The molecule has 0 saturated carbocycles. The third kappa shape index (κ3) is 7.34. The Kier molecular flexibility index (Phi) is 8.01. The minimum absolute atomic E-state index is 0.166. The van der Waals surface area contributed by atoms with Crippen LogP contribution in [0.3, 0.4) is 0 Å². The van der Waals surface area contributed by atoms with Crippen LogP contribution in [-0.4, -0.2) is 31.7 Å². The summed E-state index contributed by atoms with van der Waals surface area (Å²) in [6.45, 7) is 2.44. The minimum atomic E-state index is 0.166. The zero-order valence-electron chi connectivity index (χ0n) is 10.7. The first-order valence-electron chi connectivity index (χ1n) is 6.91. The van der Waals surface area contributed by atoms with E-state index in [-0.39, 0.29) is 5.91 Å². The number of hydrogen-bond acceptors (Lipinski definition) is 3. The van der Waals surface area contributed by atoms with E-state index in [0.717, 1.165) is 58.2 Å². The highest BCUT2D eigenvalue weighted by Crippen LogP contribution is 2.16. The second kappa shape index (κ2) is 9.42. The summed E-state index contributed by atoms with van der Waals surface area (Å²) in [6, 6.07) is 0. The Morgan fingerprint density at radius 2 is 2.12 bits per heavy atom. The van der Waals surface area contributed by atoms with Crippen molar-refractivity contribution in [1.29, 1.82) is 0 Å². The summed E-state index contributed by atoms with van der Waals surface area (Å²) in [5.41, 5.74) is 5.41. The van der Waals surface area contributed by atoms with Gasteiger partial charge < -0.3 is 15.8 Å². The van der Waals surface area contributed by atoms with Gasteiger partial charge >= 0.3 is 0 Å². The summed E-state index contributed by atoms with van der Waals surface area (Å²) in [7, 11) is 0. The second-order valence-electron chi connectivity index (χ2n) is 4.73. The summed E-state index contributed by atoms with van der Waals surface area (Å²) in [5, 5.41) is 2.96. The lowest BCUT2D eigenvalue weighted by Crippen LogP contribution is -2.25. The topological polar surface area (TPSA) is 64.3 Å². The van der Waals surface area contributed by atoms with Gasteiger partial charge in [0.15, 0.2) is 0 Å². The number of ether oxygens (including phenoxy) is 1. The predicted molar refractivity (Wildman–Crippen MR) is 68.7 cm³/mol. The minimum Gasteiger partial charge on any atom is -0.378 e. The first-order valence-corrected chi connectivity index (χ1v) is 6.91. The van der Waals surface area contributed by atoms with E-state index in [4.69, 9.17) is 10.5 Å². The molecule has 0 aromatic carbocycles. The molecule has 100 valence electrons. The molecule has 1 amide bonds. The summed E-state index contributed by atoms with van der Waals surface area (Å²) in [6.07, 6.45) is 8.54. The fourth-order valence-electron chi connectivity index (χ4n) is 2.10. The van der Waals surface area contributed by atoms with E-state index < -0.39 is 0 Å². The van der Waals surface area contributed by atoms with E-state index in [9.17, 15) is 4.79 Å². The molecule has 3 N–H and O–H groups in total. The molecule has 1 fully saturated rings. The Hall–Kier alpha value is -0.610. The SMILES string of the molecule is NCCCCCCNC(=O)CCC1CCCO1. The number of hydrogen-bond donors (Lipinski definition) is 2. The zero-order chi connectivity index (χ0) is 12.3. The number of nitrogens with one attached hydrogen (secondary N) is 1. The van der Waals surface area contributed by atoms with Gasteiger partial charge in [0.25, 0.3) is 0 Å². The molecule has 1 rings (SSSR count). The lowest BCUT2D eigenvalue weighted by Gasteiger charge is -2.09. The zero-order valence-corrected chi connectivity index (χ0v) is 10.7. The Morgan fingerprint density at radius 3 is 2.82 bits per heavy atom. The van der Waals surface area contributed by atoms with Crippen molar-refractivity contribution >= 4 is 5.91 Å². The standard InChI is InChI=1S/C13H26N2O2/c14-9-3-1-2-4-10-15-13(16)8-7-12-6-5-11-17-12/h12H,1-11,14H2,(H,15,16). The van der Waals surface area contributed by atoms with E-state index >= 15 is 0 Å². The Labute approximate surface area is 104 Å². The molecule has 0 aromatic heterocycles. The maximum absolute atomic E-state index is 11.5. The van der Waals surface area contributed by atoms with Gasteiger partial charge in [0.05, 0.1) is 6.10 Å². The number of carbonyl (C=O) groups excluding carboxylic acids is 1. The Balaban J connectivity index is 1.87. The molecular formula is C13H26N2O2. The summed E-state index contributed by atoms with van der Waals surface area (Å²) in [5.74, 6) is 0.166. The molecule has 1 aliphatic heterocycles. The lowest BCUT2D eigenvalue weighted by atomic mass is 10.1. The van der Waals surface area contributed by atoms with Crippen molar-refractivity contribution < 1.29 is 9.53 Å². The van der Waals surface area contributed by atoms with Gasteiger partial charge in [0.1, 0.15) is 0 Å². The van der Waals surface area contributed by atoms with Crippen molar-refractivity contribution in [3.05, 3.63) is 0 Å². The molecule has 1 atom stereocenters. The normalized spacial score (nSPS) is 19.5. The summed E-state index contributed by atoms with van der Waals surface area (Å²) >= 11 is 0. The molecule has 1 aliphatic rings. The molecule has 4 nitrogen and oxygen atoms in total. The molecule has 0 spiro atoms. The molecular weight excluding hydrogens is 216 g/mol. The molecule has 0 aromatic rings. The Morgan fingerprint density at radius 1 is 1.29 bits per heavy atom. The maximum atomic E-state index is 11.5. The number of rotatable bonds is 9. The highest BCUT2D eigenvalue weighted by Gasteiger charge is 2.16. The van der Waals surface area contributed by atoms with Crippen molar-refractivity contribution in [3.63, 3.8) is 0 Å². The van der Waals surface area contributed by atoms with Crippen molar-refractivity contribution in [2.75, 3.05) is 19.7 Å². The van der Waals surface area contributed by atoms with Crippen molar-refractivity contribution in [2.45, 2.75) is 57.5 Å². The largest absolute Gasteiger partial charge is 0.378 e. The molecule has 1 saturated heterocycles. The number of unbranched alkanes of at least 4 members (excludes halogenated alkanes) is 3. The molecule has 4 heteroatoms. The van der Waals surface area contributed by atoms with Gasteiger partial charge in [-0.2, -0.15) is 0 Å². The molecule has 0 radical (unpaired) electrons. The molecule has 1 unspecified atom stereocenters. The summed E-state index contributed by atoms with van der Waals surface area (Å²) in [4.78, 5) is 11.5. The third-order valence-electron chi connectivity index (χ3n) is 3.17. The van der Waals surface area contributed by atoms with E-state index in [1.807, 2.05) is 0 Å². The van der Waals surface area contributed by atoms with Crippen LogP contribution < -0.4 is 11.1 Å². The van der Waals surface area contributed by atoms with Gasteiger partial charge in [-0.25, -0.2) is 0 Å². The fourth-order valence-corrected chi connectivity index (χ4v) is 2.10. The number of amides is 1. The number of carbonyl (C=O) groups is 1. The Bertz CT molecular complexity index is 204. The van der Waals surface area contributed by atoms with Crippen LogP contribution in [-0.2, 0) is 9.53 Å². The molecule has 1 heterocycles. The predicted octanol–water partition coefficient (Wildman–Crippen LogP) is 1.58. The first-order chi connectivity index (χ1) is 8.33. The average Bonchev–Trinajstić information content (AvgIpc) is 2.84. The van der Waals surface area contributed by atoms with Crippen LogP contribution in [0.5, 0.6) is 0 Å². The third-order valence-corrected chi connectivity index (χ3v) is 3.17. The van der Waals surface area contributed by atoms with Crippen molar-refractivity contribution in [1.82, 2.24) is 5.32 Å². The molecule has 0 aliphatic carbocycles. The maximum Gasteiger partial charge on any atom is 0.220 e. The molecule has 17 heavy (non-hydrogen) atoms. The van der Waals surface area contributed by atoms with Crippen LogP contribution >= 0.6 is 0 Å². The summed E-state index contributed by atoms with van der Waals surface area (Å²) < 4.78 is 5.48. The highest BCUT2D eigenvalue weighted by molar-refractivity contribution is 5.75. The van der Waals surface area contributed by atoms with Crippen LogP contribution in [0.15, 0.2) is 0 Å². The lowest BCUT2D eigenvalue weighted by molar-refractivity contribution is -0.121.